The van der Waals surface area contributed by atoms with Crippen molar-refractivity contribution in [3.05, 3.63) is 65.5 Å². The van der Waals surface area contributed by atoms with Crippen molar-refractivity contribution in [1.82, 2.24) is 10.2 Å². The van der Waals surface area contributed by atoms with Crippen molar-refractivity contribution in [3.8, 4) is 5.75 Å². The number of nitrogens with one attached hydrogen (secondary N) is 1. The van der Waals surface area contributed by atoms with Gasteiger partial charge in [0.1, 0.15) is 30.3 Å². The van der Waals surface area contributed by atoms with Crippen LogP contribution in [0.2, 0.25) is 0 Å². The average Bonchev–Trinajstić information content (AvgIpc) is 2.91. The minimum absolute atomic E-state index is 0.0189. The number of hydrogen-bond donors (Lipinski definition) is 1. The van der Waals surface area contributed by atoms with Gasteiger partial charge in [0.2, 0.25) is 0 Å². The average molecular weight is 386 g/mol. The highest BCUT2D eigenvalue weighted by atomic mass is 19.1. The molecule has 0 aromatic heterocycles. The van der Waals surface area contributed by atoms with Crippen LogP contribution in [-0.2, 0) is 26.5 Å². The van der Waals surface area contributed by atoms with E-state index in [1.807, 2.05) is 0 Å². The van der Waals surface area contributed by atoms with Crippen LogP contribution in [0.5, 0.6) is 5.75 Å². The Hall–Kier alpha value is -3.42. The largest absolute Gasteiger partial charge is 0.497 e. The first-order valence-corrected chi connectivity index (χ1v) is 8.52. The second-order valence-electron chi connectivity index (χ2n) is 6.47. The van der Waals surface area contributed by atoms with Crippen molar-refractivity contribution in [2.45, 2.75) is 19.1 Å². The molecule has 1 saturated heterocycles. The second kappa shape index (κ2) is 7.67. The van der Waals surface area contributed by atoms with E-state index in [0.29, 0.717) is 16.9 Å². The van der Waals surface area contributed by atoms with E-state index < -0.39 is 35.8 Å². The van der Waals surface area contributed by atoms with E-state index in [9.17, 15) is 18.8 Å². The molecule has 1 heterocycles. The van der Waals surface area contributed by atoms with E-state index in [4.69, 9.17) is 9.47 Å². The van der Waals surface area contributed by atoms with Gasteiger partial charge in [-0.1, -0.05) is 24.3 Å². The molecular formula is C20H19FN2O5. The topological polar surface area (TPSA) is 84.9 Å². The van der Waals surface area contributed by atoms with E-state index in [1.165, 1.54) is 38.3 Å². The summed E-state index contributed by atoms with van der Waals surface area (Å²) in [6, 6.07) is 11.5. The predicted octanol–water partition coefficient (Wildman–Crippen LogP) is 2.34. The Morgan fingerprint density at radius 3 is 2.57 bits per heavy atom. The lowest BCUT2D eigenvalue weighted by atomic mass is 9.92. The molecule has 3 amide bonds. The summed E-state index contributed by atoms with van der Waals surface area (Å²) in [4.78, 5) is 37.9. The third kappa shape index (κ3) is 3.80. The van der Waals surface area contributed by atoms with Gasteiger partial charge in [0.15, 0.2) is 0 Å². The SMILES string of the molecule is COc1cccc(COC(=O)CN2C(=O)NC(C)(c3ccc(F)cc3)C2=O)c1. The number of urea groups is 1. The summed E-state index contributed by atoms with van der Waals surface area (Å²) in [5.41, 5.74) is -0.252. The molecule has 7 nitrogen and oxygen atoms in total. The molecule has 1 aliphatic rings. The molecule has 0 radical (unpaired) electrons. The van der Waals surface area contributed by atoms with E-state index in [0.717, 1.165) is 4.90 Å². The van der Waals surface area contributed by atoms with Crippen LogP contribution >= 0.6 is 0 Å². The third-order valence-electron chi connectivity index (χ3n) is 4.52. The van der Waals surface area contributed by atoms with Gasteiger partial charge < -0.3 is 14.8 Å². The highest BCUT2D eigenvalue weighted by molar-refractivity contribution is 6.08. The van der Waals surface area contributed by atoms with Gasteiger partial charge in [-0.15, -0.1) is 0 Å². The van der Waals surface area contributed by atoms with Crippen LogP contribution in [0, 0.1) is 5.82 Å². The van der Waals surface area contributed by atoms with Gasteiger partial charge in [0.25, 0.3) is 5.91 Å². The van der Waals surface area contributed by atoms with Gasteiger partial charge >= 0.3 is 12.0 Å². The fraction of sp³-hybridized carbons (Fsp3) is 0.250. The van der Waals surface area contributed by atoms with Crippen molar-refractivity contribution < 1.29 is 28.2 Å². The maximum Gasteiger partial charge on any atom is 0.326 e. The normalized spacial score (nSPS) is 18.8. The van der Waals surface area contributed by atoms with Crippen LogP contribution in [0.25, 0.3) is 0 Å². The first-order chi connectivity index (χ1) is 13.3. The fourth-order valence-electron chi connectivity index (χ4n) is 2.92. The zero-order valence-corrected chi connectivity index (χ0v) is 15.4. The first-order valence-electron chi connectivity index (χ1n) is 8.52. The van der Waals surface area contributed by atoms with Crippen molar-refractivity contribution >= 4 is 17.9 Å². The van der Waals surface area contributed by atoms with Crippen LogP contribution < -0.4 is 10.1 Å². The first kappa shape index (κ1) is 19.3. The van der Waals surface area contributed by atoms with Crippen molar-refractivity contribution in [2.75, 3.05) is 13.7 Å². The molecule has 1 fully saturated rings. The summed E-state index contributed by atoms with van der Waals surface area (Å²) in [7, 11) is 1.53. The molecule has 28 heavy (non-hydrogen) atoms. The summed E-state index contributed by atoms with van der Waals surface area (Å²) in [6.07, 6.45) is 0. The molecular weight excluding hydrogens is 367 g/mol. The van der Waals surface area contributed by atoms with E-state index in [2.05, 4.69) is 5.32 Å². The highest BCUT2D eigenvalue weighted by Gasteiger charge is 2.49. The number of benzene rings is 2. The molecule has 0 spiro atoms. The summed E-state index contributed by atoms with van der Waals surface area (Å²) in [5.74, 6) is -1.17. The summed E-state index contributed by atoms with van der Waals surface area (Å²) in [5, 5.41) is 2.55. The van der Waals surface area contributed by atoms with Gasteiger partial charge in [0, 0.05) is 0 Å². The second-order valence-corrected chi connectivity index (χ2v) is 6.47. The third-order valence-corrected chi connectivity index (χ3v) is 4.52. The number of rotatable bonds is 6. The number of ether oxygens (including phenoxy) is 2. The lowest BCUT2D eigenvalue weighted by Crippen LogP contribution is -2.41. The van der Waals surface area contributed by atoms with Gasteiger partial charge in [0.05, 0.1) is 7.11 Å². The number of halogens is 1. The minimum atomic E-state index is -1.38. The Balaban J connectivity index is 1.65. The molecule has 2 aromatic carbocycles. The van der Waals surface area contributed by atoms with Crippen LogP contribution in [-0.4, -0.2) is 36.5 Å². The molecule has 0 aliphatic carbocycles. The lowest BCUT2D eigenvalue weighted by molar-refractivity contribution is -0.148. The molecule has 1 aliphatic heterocycles. The standard InChI is InChI=1S/C20H19FN2O5/c1-20(14-6-8-15(21)9-7-14)18(25)23(19(26)22-20)11-17(24)28-12-13-4-3-5-16(10-13)27-2/h3-10H,11-12H2,1-2H3,(H,22,26). The van der Waals surface area contributed by atoms with Gasteiger partial charge in [-0.05, 0) is 42.3 Å². The monoisotopic (exact) mass is 386 g/mol. The number of hydrogen-bond acceptors (Lipinski definition) is 5. The van der Waals surface area contributed by atoms with Crippen molar-refractivity contribution in [3.63, 3.8) is 0 Å². The Kier molecular flexibility index (Phi) is 5.30. The molecule has 0 saturated carbocycles. The van der Waals surface area contributed by atoms with Gasteiger partial charge in [-0.2, -0.15) is 0 Å². The van der Waals surface area contributed by atoms with Crippen LogP contribution in [0.1, 0.15) is 18.1 Å². The van der Waals surface area contributed by atoms with Gasteiger partial charge in [-0.3, -0.25) is 14.5 Å². The van der Waals surface area contributed by atoms with Crippen molar-refractivity contribution in [2.24, 2.45) is 0 Å². The van der Waals surface area contributed by atoms with E-state index >= 15 is 0 Å². The summed E-state index contributed by atoms with van der Waals surface area (Å²) in [6.45, 7) is 0.961. The quantitative estimate of drug-likeness (QED) is 0.609. The van der Waals surface area contributed by atoms with Crippen LogP contribution in [0.15, 0.2) is 48.5 Å². The number of esters is 1. The smallest absolute Gasteiger partial charge is 0.326 e. The Morgan fingerprint density at radius 2 is 1.89 bits per heavy atom. The lowest BCUT2D eigenvalue weighted by Gasteiger charge is -2.22. The summed E-state index contributed by atoms with van der Waals surface area (Å²) < 4.78 is 23.4. The number of carbonyl (C=O) groups excluding carboxylic acids is 3. The predicted molar refractivity (Wildman–Crippen MR) is 96.8 cm³/mol. The molecule has 1 unspecified atom stereocenters. The summed E-state index contributed by atoms with van der Waals surface area (Å²) >= 11 is 0. The molecule has 0 bridgehead atoms. The zero-order chi connectivity index (χ0) is 20.3. The van der Waals surface area contributed by atoms with E-state index in [-0.39, 0.29) is 6.61 Å². The fourth-order valence-corrected chi connectivity index (χ4v) is 2.92. The molecule has 1 N–H and O–H groups in total. The molecule has 1 atom stereocenters. The number of methoxy groups -OCH3 is 1. The molecule has 8 heteroatoms. The molecule has 2 aromatic rings. The number of amides is 3. The van der Waals surface area contributed by atoms with Crippen molar-refractivity contribution in [1.29, 1.82) is 0 Å². The number of imide groups is 1. The maximum absolute atomic E-state index is 13.1. The molecule has 146 valence electrons. The van der Waals surface area contributed by atoms with E-state index in [1.54, 1.807) is 24.3 Å². The van der Waals surface area contributed by atoms with Crippen LogP contribution in [0.3, 0.4) is 0 Å². The Morgan fingerprint density at radius 1 is 1.18 bits per heavy atom. The number of carbonyl (C=O) groups is 3. The van der Waals surface area contributed by atoms with Gasteiger partial charge in [-0.25, -0.2) is 9.18 Å². The maximum atomic E-state index is 13.1. The number of nitrogens with zero attached hydrogens (tertiary/aromatic N) is 1. The Labute approximate surface area is 161 Å². The highest BCUT2D eigenvalue weighted by Crippen LogP contribution is 2.28. The Bertz CT molecular complexity index is 915. The molecule has 3 rings (SSSR count). The minimum Gasteiger partial charge on any atom is -0.497 e. The van der Waals surface area contributed by atoms with Crippen LogP contribution in [0.4, 0.5) is 9.18 Å². The zero-order valence-electron chi connectivity index (χ0n) is 15.4.